The SMILES string of the molecule is CC.CNC(=O)C(NC(C)=O)c1cccc(N2CCCCC2)n1. The van der Waals surface area contributed by atoms with Crippen molar-refractivity contribution in [2.45, 2.75) is 46.1 Å². The number of amides is 2. The van der Waals surface area contributed by atoms with Gasteiger partial charge in [0, 0.05) is 27.1 Å². The number of hydrogen-bond acceptors (Lipinski definition) is 4. The first kappa shape index (κ1) is 18.9. The molecule has 0 aromatic carbocycles. The second-order valence-electron chi connectivity index (χ2n) is 5.22. The molecule has 0 saturated carbocycles. The molecule has 1 fully saturated rings. The standard InChI is InChI=1S/C15H22N4O2.C2H6/c1-11(20)17-14(15(21)16-2)12-7-6-8-13(18-12)19-9-4-3-5-10-19;1-2/h6-8,14H,3-5,9-10H2,1-2H3,(H,16,21)(H,17,20);1-2H3. The summed E-state index contributed by atoms with van der Waals surface area (Å²) in [5.41, 5.74) is 0.563. The number of hydrogen-bond donors (Lipinski definition) is 2. The summed E-state index contributed by atoms with van der Waals surface area (Å²) in [6.45, 7) is 7.37. The normalized spacial score (nSPS) is 15.0. The molecule has 1 unspecified atom stereocenters. The minimum absolute atomic E-state index is 0.256. The number of piperidine rings is 1. The van der Waals surface area contributed by atoms with Gasteiger partial charge in [-0.3, -0.25) is 9.59 Å². The van der Waals surface area contributed by atoms with Crippen LogP contribution in [0.3, 0.4) is 0 Å². The molecule has 23 heavy (non-hydrogen) atoms. The number of nitrogens with zero attached hydrogens (tertiary/aromatic N) is 2. The fraction of sp³-hybridized carbons (Fsp3) is 0.588. The zero-order valence-electron chi connectivity index (χ0n) is 14.6. The van der Waals surface area contributed by atoms with E-state index in [1.54, 1.807) is 13.1 Å². The van der Waals surface area contributed by atoms with Crippen molar-refractivity contribution in [2.24, 2.45) is 0 Å². The third-order valence-corrected chi connectivity index (χ3v) is 3.59. The third-order valence-electron chi connectivity index (χ3n) is 3.59. The Bertz CT molecular complexity index is 513. The van der Waals surface area contributed by atoms with E-state index in [9.17, 15) is 9.59 Å². The van der Waals surface area contributed by atoms with E-state index in [-0.39, 0.29) is 11.8 Å². The Hall–Kier alpha value is -2.11. The van der Waals surface area contributed by atoms with Gasteiger partial charge in [0.2, 0.25) is 11.8 Å². The zero-order chi connectivity index (χ0) is 17.2. The minimum atomic E-state index is -0.753. The van der Waals surface area contributed by atoms with Gasteiger partial charge in [0.1, 0.15) is 5.82 Å². The Kier molecular flexibility index (Phi) is 8.08. The van der Waals surface area contributed by atoms with Crippen molar-refractivity contribution in [1.29, 1.82) is 0 Å². The molecule has 1 aromatic rings. The lowest BCUT2D eigenvalue weighted by atomic mass is 10.1. The summed E-state index contributed by atoms with van der Waals surface area (Å²) >= 11 is 0. The summed E-state index contributed by atoms with van der Waals surface area (Å²) in [4.78, 5) is 30.1. The van der Waals surface area contributed by atoms with E-state index in [1.807, 2.05) is 26.0 Å². The first-order valence-corrected chi connectivity index (χ1v) is 8.32. The Morgan fingerprint density at radius 3 is 2.39 bits per heavy atom. The summed E-state index contributed by atoms with van der Waals surface area (Å²) in [5, 5.41) is 5.21. The van der Waals surface area contributed by atoms with Gasteiger partial charge >= 0.3 is 0 Å². The number of anilines is 1. The molecule has 0 radical (unpaired) electrons. The van der Waals surface area contributed by atoms with Crippen LogP contribution in [-0.4, -0.2) is 36.9 Å². The van der Waals surface area contributed by atoms with Gasteiger partial charge in [0.25, 0.3) is 0 Å². The Morgan fingerprint density at radius 1 is 1.17 bits per heavy atom. The van der Waals surface area contributed by atoms with Crippen LogP contribution in [0.2, 0.25) is 0 Å². The Balaban J connectivity index is 0.00000127. The van der Waals surface area contributed by atoms with Gasteiger partial charge in [0.05, 0.1) is 5.69 Å². The highest BCUT2D eigenvalue weighted by molar-refractivity contribution is 5.87. The van der Waals surface area contributed by atoms with Crippen LogP contribution in [0.15, 0.2) is 18.2 Å². The largest absolute Gasteiger partial charge is 0.357 e. The lowest BCUT2D eigenvalue weighted by molar-refractivity contribution is -0.128. The average Bonchev–Trinajstić information content (AvgIpc) is 2.61. The number of nitrogens with one attached hydrogen (secondary N) is 2. The van der Waals surface area contributed by atoms with Crippen molar-refractivity contribution in [3.63, 3.8) is 0 Å². The fourth-order valence-electron chi connectivity index (χ4n) is 2.52. The average molecular weight is 320 g/mol. The molecule has 128 valence electrons. The van der Waals surface area contributed by atoms with Gasteiger partial charge in [0.15, 0.2) is 6.04 Å². The van der Waals surface area contributed by atoms with E-state index in [0.29, 0.717) is 5.69 Å². The molecule has 2 N–H and O–H groups in total. The lowest BCUT2D eigenvalue weighted by Crippen LogP contribution is -2.39. The predicted octanol–water partition coefficient (Wildman–Crippen LogP) is 2.02. The molecule has 6 heteroatoms. The molecule has 1 aliphatic rings. The van der Waals surface area contributed by atoms with Crippen molar-refractivity contribution in [2.75, 3.05) is 25.0 Å². The predicted molar refractivity (Wildman–Crippen MR) is 92.3 cm³/mol. The maximum absolute atomic E-state index is 12.0. The van der Waals surface area contributed by atoms with Crippen LogP contribution in [0.1, 0.15) is 51.8 Å². The van der Waals surface area contributed by atoms with Gasteiger partial charge in [-0.2, -0.15) is 0 Å². The lowest BCUT2D eigenvalue weighted by Gasteiger charge is -2.28. The van der Waals surface area contributed by atoms with E-state index in [2.05, 4.69) is 20.5 Å². The fourth-order valence-corrected chi connectivity index (χ4v) is 2.52. The van der Waals surface area contributed by atoms with E-state index < -0.39 is 6.04 Å². The number of carbonyl (C=O) groups excluding carboxylic acids is 2. The summed E-state index contributed by atoms with van der Waals surface area (Å²) in [5.74, 6) is 0.341. The van der Waals surface area contributed by atoms with Crippen LogP contribution in [-0.2, 0) is 9.59 Å². The van der Waals surface area contributed by atoms with Crippen LogP contribution in [0.25, 0.3) is 0 Å². The maximum atomic E-state index is 12.0. The summed E-state index contributed by atoms with van der Waals surface area (Å²) < 4.78 is 0. The van der Waals surface area contributed by atoms with Crippen molar-refractivity contribution in [3.8, 4) is 0 Å². The minimum Gasteiger partial charge on any atom is -0.357 e. The zero-order valence-corrected chi connectivity index (χ0v) is 14.6. The van der Waals surface area contributed by atoms with E-state index in [0.717, 1.165) is 31.7 Å². The van der Waals surface area contributed by atoms with Gasteiger partial charge in [-0.1, -0.05) is 19.9 Å². The molecule has 2 rings (SSSR count). The molecule has 2 amide bonds. The number of carbonyl (C=O) groups is 2. The van der Waals surface area contributed by atoms with E-state index in [1.165, 1.54) is 13.3 Å². The second-order valence-corrected chi connectivity index (χ2v) is 5.22. The maximum Gasteiger partial charge on any atom is 0.248 e. The molecule has 1 saturated heterocycles. The highest BCUT2D eigenvalue weighted by atomic mass is 16.2. The molecule has 0 aliphatic carbocycles. The van der Waals surface area contributed by atoms with Gasteiger partial charge in [-0.25, -0.2) is 4.98 Å². The molecule has 0 bridgehead atoms. The number of pyridine rings is 1. The van der Waals surface area contributed by atoms with Crippen LogP contribution >= 0.6 is 0 Å². The number of likely N-dealkylation sites (N-methyl/N-ethyl adjacent to an activating group) is 1. The molecule has 6 nitrogen and oxygen atoms in total. The van der Waals surface area contributed by atoms with Gasteiger partial charge in [-0.15, -0.1) is 0 Å². The molecular formula is C17H28N4O2. The topological polar surface area (TPSA) is 74.3 Å². The molecule has 0 spiro atoms. The monoisotopic (exact) mass is 320 g/mol. The second kappa shape index (κ2) is 9.82. The van der Waals surface area contributed by atoms with Crippen LogP contribution in [0.5, 0.6) is 0 Å². The molecule has 1 atom stereocenters. The summed E-state index contributed by atoms with van der Waals surface area (Å²) in [7, 11) is 1.55. The van der Waals surface area contributed by atoms with Crippen LogP contribution < -0.4 is 15.5 Å². The number of rotatable bonds is 4. The van der Waals surface area contributed by atoms with Crippen molar-refractivity contribution >= 4 is 17.6 Å². The highest BCUT2D eigenvalue weighted by Gasteiger charge is 2.23. The highest BCUT2D eigenvalue weighted by Crippen LogP contribution is 2.20. The molecule has 2 heterocycles. The van der Waals surface area contributed by atoms with E-state index in [4.69, 9.17) is 0 Å². The molecule has 1 aromatic heterocycles. The first-order chi connectivity index (χ1) is 11.1. The summed E-state index contributed by atoms with van der Waals surface area (Å²) in [6.07, 6.45) is 3.58. The molecular weight excluding hydrogens is 292 g/mol. The first-order valence-electron chi connectivity index (χ1n) is 8.32. The number of aromatic nitrogens is 1. The van der Waals surface area contributed by atoms with Crippen LogP contribution in [0.4, 0.5) is 5.82 Å². The van der Waals surface area contributed by atoms with E-state index >= 15 is 0 Å². The third kappa shape index (κ3) is 5.54. The Labute approximate surface area is 138 Å². The quantitative estimate of drug-likeness (QED) is 0.890. The van der Waals surface area contributed by atoms with Crippen molar-refractivity contribution in [1.82, 2.24) is 15.6 Å². The van der Waals surface area contributed by atoms with Gasteiger partial charge in [-0.05, 0) is 31.4 Å². The van der Waals surface area contributed by atoms with Crippen LogP contribution in [0, 0.1) is 0 Å². The molecule has 1 aliphatic heterocycles. The Morgan fingerprint density at radius 2 is 1.83 bits per heavy atom. The van der Waals surface area contributed by atoms with Crippen molar-refractivity contribution < 1.29 is 9.59 Å². The van der Waals surface area contributed by atoms with Gasteiger partial charge < -0.3 is 15.5 Å². The summed E-state index contributed by atoms with van der Waals surface area (Å²) in [6, 6.07) is 4.84. The smallest absolute Gasteiger partial charge is 0.248 e. The van der Waals surface area contributed by atoms with Crippen molar-refractivity contribution in [3.05, 3.63) is 23.9 Å².